The second-order valence-corrected chi connectivity index (χ2v) is 4.15. The van der Waals surface area contributed by atoms with Crippen molar-refractivity contribution in [2.45, 2.75) is 0 Å². The quantitative estimate of drug-likeness (QED) is 0.276. The minimum atomic E-state index is -1.03. The van der Waals surface area contributed by atoms with Crippen LogP contribution in [0.5, 0.6) is 5.75 Å². The number of esters is 1. The first-order chi connectivity index (χ1) is 10.1. The Morgan fingerprint density at radius 1 is 0.762 bits per heavy atom. The Bertz CT molecular complexity index is 684. The molecule has 0 unspecified atom stereocenters. The van der Waals surface area contributed by atoms with E-state index in [9.17, 15) is 19.2 Å². The number of hydrogen-bond acceptors (Lipinski definition) is 5. The lowest BCUT2D eigenvalue weighted by molar-refractivity contribution is -0.129. The Labute approximate surface area is 120 Å². The average Bonchev–Trinajstić information content (AvgIpc) is 2.55. The fourth-order valence-electron chi connectivity index (χ4n) is 1.60. The molecule has 5 nitrogen and oxygen atoms in total. The number of carbonyl (C=O) groups is 4. The van der Waals surface area contributed by atoms with Crippen molar-refractivity contribution in [1.82, 2.24) is 0 Å². The number of ketones is 1. The van der Waals surface area contributed by atoms with Crippen molar-refractivity contribution in [1.29, 1.82) is 0 Å². The molecule has 0 bridgehead atoms. The van der Waals surface area contributed by atoms with Gasteiger partial charge in [-0.1, -0.05) is 24.3 Å². The molecule has 0 amide bonds. The standard InChI is InChI=1S/C16H10O5/c17-9-11-1-5-13(6-2-11)15(19)16(20)21-14-7-3-12(10-18)4-8-14/h1-10H. The summed E-state index contributed by atoms with van der Waals surface area (Å²) >= 11 is 0. The van der Waals surface area contributed by atoms with Gasteiger partial charge in [-0.2, -0.15) is 0 Å². The molecule has 0 aromatic heterocycles. The Morgan fingerprint density at radius 2 is 1.24 bits per heavy atom. The first-order valence-corrected chi connectivity index (χ1v) is 6.01. The predicted molar refractivity (Wildman–Crippen MR) is 73.6 cm³/mol. The summed E-state index contributed by atoms with van der Waals surface area (Å²) in [6, 6.07) is 11.4. The molecular formula is C16H10O5. The van der Waals surface area contributed by atoms with E-state index in [1.54, 1.807) is 0 Å². The number of carbonyl (C=O) groups excluding carboxylic acids is 4. The van der Waals surface area contributed by atoms with Crippen LogP contribution in [0.25, 0.3) is 0 Å². The summed E-state index contributed by atoms with van der Waals surface area (Å²) in [6.45, 7) is 0. The third-order valence-corrected chi connectivity index (χ3v) is 2.72. The van der Waals surface area contributed by atoms with Crippen LogP contribution in [-0.4, -0.2) is 24.3 Å². The van der Waals surface area contributed by atoms with E-state index in [0.29, 0.717) is 23.7 Å². The van der Waals surface area contributed by atoms with E-state index < -0.39 is 11.8 Å². The lowest BCUT2D eigenvalue weighted by atomic mass is 10.1. The first-order valence-electron chi connectivity index (χ1n) is 6.01. The normalized spacial score (nSPS) is 9.71. The summed E-state index contributed by atoms with van der Waals surface area (Å²) in [6.07, 6.45) is 1.30. The van der Waals surface area contributed by atoms with E-state index in [1.165, 1.54) is 48.5 Å². The molecule has 0 spiro atoms. The van der Waals surface area contributed by atoms with Gasteiger partial charge in [-0.05, 0) is 24.3 Å². The summed E-state index contributed by atoms with van der Waals surface area (Å²) in [4.78, 5) is 44.6. The number of hydrogen-bond donors (Lipinski definition) is 0. The molecule has 104 valence electrons. The van der Waals surface area contributed by atoms with Crippen LogP contribution in [-0.2, 0) is 4.79 Å². The molecule has 0 radical (unpaired) electrons. The van der Waals surface area contributed by atoms with Gasteiger partial charge in [-0.25, -0.2) is 4.79 Å². The maximum atomic E-state index is 11.9. The maximum Gasteiger partial charge on any atom is 0.385 e. The van der Waals surface area contributed by atoms with Gasteiger partial charge in [0.1, 0.15) is 18.3 Å². The van der Waals surface area contributed by atoms with Crippen LogP contribution in [0, 0.1) is 0 Å². The summed E-state index contributed by atoms with van der Waals surface area (Å²) < 4.78 is 4.91. The Hall–Kier alpha value is -3.08. The van der Waals surface area contributed by atoms with Gasteiger partial charge in [0.15, 0.2) is 0 Å². The van der Waals surface area contributed by atoms with E-state index in [2.05, 4.69) is 0 Å². The highest BCUT2D eigenvalue weighted by atomic mass is 16.5. The molecule has 0 fully saturated rings. The fourth-order valence-corrected chi connectivity index (χ4v) is 1.60. The molecule has 21 heavy (non-hydrogen) atoms. The van der Waals surface area contributed by atoms with Gasteiger partial charge in [0.2, 0.25) is 0 Å². The highest BCUT2D eigenvalue weighted by molar-refractivity contribution is 6.41. The Morgan fingerprint density at radius 3 is 1.71 bits per heavy atom. The summed E-state index contributed by atoms with van der Waals surface area (Å²) in [7, 11) is 0. The van der Waals surface area contributed by atoms with Gasteiger partial charge in [0, 0.05) is 16.7 Å². The van der Waals surface area contributed by atoms with Gasteiger partial charge in [-0.15, -0.1) is 0 Å². The zero-order chi connectivity index (χ0) is 15.2. The van der Waals surface area contributed by atoms with Gasteiger partial charge in [0.25, 0.3) is 5.78 Å². The Kier molecular flexibility index (Phi) is 4.36. The van der Waals surface area contributed by atoms with E-state index in [4.69, 9.17) is 4.74 Å². The van der Waals surface area contributed by atoms with Crippen molar-refractivity contribution in [3.63, 3.8) is 0 Å². The van der Waals surface area contributed by atoms with Gasteiger partial charge < -0.3 is 4.74 Å². The van der Waals surface area contributed by atoms with Crippen LogP contribution in [0.3, 0.4) is 0 Å². The van der Waals surface area contributed by atoms with Crippen LogP contribution in [0.2, 0.25) is 0 Å². The van der Waals surface area contributed by atoms with E-state index in [-0.39, 0.29) is 11.3 Å². The van der Waals surface area contributed by atoms with Crippen LogP contribution in [0.4, 0.5) is 0 Å². The third kappa shape index (κ3) is 3.48. The smallest absolute Gasteiger partial charge is 0.385 e. The molecule has 0 saturated carbocycles. The fraction of sp³-hybridized carbons (Fsp3) is 0. The lowest BCUT2D eigenvalue weighted by Crippen LogP contribution is -2.20. The zero-order valence-electron chi connectivity index (χ0n) is 10.8. The number of Topliss-reactive ketones (excluding diaryl/α,β-unsaturated/α-hetero) is 1. The predicted octanol–water partition coefficient (Wildman–Crippen LogP) is 2.10. The number of rotatable bonds is 5. The summed E-state index contributed by atoms with van der Waals surface area (Å²) in [5.41, 5.74) is 0.977. The molecule has 2 rings (SSSR count). The second kappa shape index (κ2) is 6.38. The zero-order valence-corrected chi connectivity index (χ0v) is 10.8. The van der Waals surface area contributed by atoms with Crippen LogP contribution >= 0.6 is 0 Å². The molecule has 2 aromatic rings. The van der Waals surface area contributed by atoms with Crippen LogP contribution in [0.15, 0.2) is 48.5 Å². The number of aldehydes is 2. The minimum absolute atomic E-state index is 0.134. The largest absolute Gasteiger partial charge is 0.421 e. The van der Waals surface area contributed by atoms with Gasteiger partial charge in [-0.3, -0.25) is 14.4 Å². The molecule has 0 aliphatic carbocycles. The van der Waals surface area contributed by atoms with Crippen molar-refractivity contribution in [3.05, 3.63) is 65.2 Å². The van der Waals surface area contributed by atoms with Crippen molar-refractivity contribution < 1.29 is 23.9 Å². The van der Waals surface area contributed by atoms with Crippen molar-refractivity contribution in [2.75, 3.05) is 0 Å². The number of benzene rings is 2. The SMILES string of the molecule is O=Cc1ccc(OC(=O)C(=O)c2ccc(C=O)cc2)cc1. The molecule has 0 saturated heterocycles. The summed E-state index contributed by atoms with van der Waals surface area (Å²) in [5.74, 6) is -1.68. The lowest BCUT2D eigenvalue weighted by Gasteiger charge is -2.04. The topological polar surface area (TPSA) is 77.5 Å². The molecule has 0 N–H and O–H groups in total. The number of ether oxygens (including phenoxy) is 1. The van der Waals surface area contributed by atoms with Crippen LogP contribution < -0.4 is 4.74 Å². The first kappa shape index (κ1) is 14.3. The average molecular weight is 282 g/mol. The monoisotopic (exact) mass is 282 g/mol. The van der Waals surface area contributed by atoms with Crippen LogP contribution in [0.1, 0.15) is 31.1 Å². The summed E-state index contributed by atoms with van der Waals surface area (Å²) in [5, 5.41) is 0. The van der Waals surface area contributed by atoms with E-state index >= 15 is 0 Å². The third-order valence-electron chi connectivity index (χ3n) is 2.72. The molecule has 0 atom stereocenters. The molecule has 2 aromatic carbocycles. The molecule has 0 aliphatic rings. The van der Waals surface area contributed by atoms with Crippen molar-refractivity contribution in [2.24, 2.45) is 0 Å². The minimum Gasteiger partial charge on any atom is -0.421 e. The van der Waals surface area contributed by atoms with Crippen molar-refractivity contribution >= 4 is 24.3 Å². The van der Waals surface area contributed by atoms with E-state index in [0.717, 1.165) is 0 Å². The highest BCUT2D eigenvalue weighted by Crippen LogP contribution is 2.13. The molecule has 0 aliphatic heterocycles. The molecular weight excluding hydrogens is 272 g/mol. The Balaban J connectivity index is 2.09. The van der Waals surface area contributed by atoms with Crippen molar-refractivity contribution in [3.8, 4) is 5.75 Å². The van der Waals surface area contributed by atoms with Gasteiger partial charge in [0.05, 0.1) is 0 Å². The van der Waals surface area contributed by atoms with Gasteiger partial charge >= 0.3 is 5.97 Å². The molecule has 5 heteroatoms. The second-order valence-electron chi connectivity index (χ2n) is 4.15. The highest BCUT2D eigenvalue weighted by Gasteiger charge is 2.18. The molecule has 0 heterocycles. The maximum absolute atomic E-state index is 11.9. The van der Waals surface area contributed by atoms with E-state index in [1.807, 2.05) is 0 Å².